The lowest BCUT2D eigenvalue weighted by atomic mass is 9.90. The van der Waals surface area contributed by atoms with Gasteiger partial charge in [0.25, 0.3) is 0 Å². The maximum absolute atomic E-state index is 6.02. The summed E-state index contributed by atoms with van der Waals surface area (Å²) in [6.45, 7) is 4.57. The van der Waals surface area contributed by atoms with Gasteiger partial charge in [0.05, 0.1) is 6.61 Å². The first-order valence-corrected chi connectivity index (χ1v) is 6.71. The standard InChI is InChI=1S/C15H19ClO/c1-2-12-8-14(16)10-15(9-12)17-11-13-6-4-3-5-7-13/h2,8-10,13H,1,3-7,11H2. The van der Waals surface area contributed by atoms with Crippen molar-refractivity contribution in [2.24, 2.45) is 5.92 Å². The minimum atomic E-state index is 0.709. The van der Waals surface area contributed by atoms with E-state index in [1.165, 1.54) is 32.1 Å². The number of hydrogen-bond acceptors (Lipinski definition) is 1. The van der Waals surface area contributed by atoms with Gasteiger partial charge in [0.15, 0.2) is 0 Å². The van der Waals surface area contributed by atoms with Gasteiger partial charge in [0.2, 0.25) is 0 Å². The van der Waals surface area contributed by atoms with E-state index in [2.05, 4.69) is 6.58 Å². The van der Waals surface area contributed by atoms with E-state index in [4.69, 9.17) is 16.3 Å². The van der Waals surface area contributed by atoms with Gasteiger partial charge in [-0.15, -0.1) is 0 Å². The van der Waals surface area contributed by atoms with E-state index in [0.29, 0.717) is 5.02 Å². The highest BCUT2D eigenvalue weighted by molar-refractivity contribution is 6.30. The largest absolute Gasteiger partial charge is 0.493 e. The third kappa shape index (κ3) is 3.78. The van der Waals surface area contributed by atoms with Crippen LogP contribution in [-0.2, 0) is 0 Å². The van der Waals surface area contributed by atoms with E-state index in [1.54, 1.807) is 6.08 Å². The predicted molar refractivity (Wildman–Crippen MR) is 73.6 cm³/mol. The Morgan fingerprint density at radius 1 is 1.24 bits per heavy atom. The second-order valence-electron chi connectivity index (χ2n) is 4.74. The lowest BCUT2D eigenvalue weighted by Gasteiger charge is -2.21. The fourth-order valence-corrected chi connectivity index (χ4v) is 2.59. The lowest BCUT2D eigenvalue weighted by Crippen LogP contribution is -2.15. The molecule has 1 fully saturated rings. The summed E-state index contributed by atoms with van der Waals surface area (Å²) in [5.74, 6) is 1.58. The van der Waals surface area contributed by atoms with E-state index in [0.717, 1.165) is 23.8 Å². The molecule has 92 valence electrons. The molecule has 0 N–H and O–H groups in total. The minimum absolute atomic E-state index is 0.709. The molecule has 0 spiro atoms. The van der Waals surface area contributed by atoms with Crippen LogP contribution in [0, 0.1) is 5.92 Å². The first-order valence-electron chi connectivity index (χ1n) is 6.34. The molecule has 0 aliphatic heterocycles. The Kier molecular flexibility index (Phi) is 4.49. The molecule has 0 saturated heterocycles. The fourth-order valence-electron chi connectivity index (χ4n) is 2.35. The highest BCUT2D eigenvalue weighted by Gasteiger charge is 2.14. The Bertz CT molecular complexity index is 381. The normalized spacial score (nSPS) is 16.8. The fraction of sp³-hybridized carbons (Fsp3) is 0.467. The van der Waals surface area contributed by atoms with Crippen molar-refractivity contribution in [3.8, 4) is 5.75 Å². The zero-order chi connectivity index (χ0) is 12.1. The molecule has 17 heavy (non-hydrogen) atoms. The van der Waals surface area contributed by atoms with Crippen LogP contribution in [0.3, 0.4) is 0 Å². The summed E-state index contributed by atoms with van der Waals surface area (Å²) in [4.78, 5) is 0. The SMILES string of the molecule is C=Cc1cc(Cl)cc(OCC2CCCCC2)c1. The average molecular weight is 251 g/mol. The van der Waals surface area contributed by atoms with Crippen molar-refractivity contribution in [1.82, 2.24) is 0 Å². The van der Waals surface area contributed by atoms with Gasteiger partial charge in [-0.3, -0.25) is 0 Å². The van der Waals surface area contributed by atoms with Gasteiger partial charge in [-0.25, -0.2) is 0 Å². The highest BCUT2D eigenvalue weighted by atomic mass is 35.5. The highest BCUT2D eigenvalue weighted by Crippen LogP contribution is 2.26. The molecule has 1 aliphatic carbocycles. The Morgan fingerprint density at radius 2 is 2.00 bits per heavy atom. The predicted octanol–water partition coefficient (Wildman–Crippen LogP) is 4.94. The number of benzene rings is 1. The van der Waals surface area contributed by atoms with Crippen molar-refractivity contribution in [2.75, 3.05) is 6.61 Å². The van der Waals surface area contributed by atoms with Crippen molar-refractivity contribution in [3.05, 3.63) is 35.4 Å². The van der Waals surface area contributed by atoms with Crippen LogP contribution in [0.25, 0.3) is 6.08 Å². The molecule has 1 aliphatic rings. The van der Waals surface area contributed by atoms with Gasteiger partial charge in [-0.1, -0.05) is 43.5 Å². The summed E-state index contributed by atoms with van der Waals surface area (Å²) in [6.07, 6.45) is 8.47. The Morgan fingerprint density at radius 3 is 2.71 bits per heavy atom. The zero-order valence-electron chi connectivity index (χ0n) is 10.1. The molecule has 0 aromatic heterocycles. The molecule has 0 radical (unpaired) electrons. The average Bonchev–Trinajstić information content (AvgIpc) is 2.37. The van der Waals surface area contributed by atoms with Crippen LogP contribution in [0.5, 0.6) is 5.75 Å². The summed E-state index contributed by atoms with van der Waals surface area (Å²) in [7, 11) is 0. The summed E-state index contributed by atoms with van der Waals surface area (Å²) < 4.78 is 5.84. The van der Waals surface area contributed by atoms with Gasteiger partial charge >= 0.3 is 0 Å². The monoisotopic (exact) mass is 250 g/mol. The molecule has 2 rings (SSSR count). The van der Waals surface area contributed by atoms with Crippen LogP contribution >= 0.6 is 11.6 Å². The quantitative estimate of drug-likeness (QED) is 0.735. The number of hydrogen-bond donors (Lipinski definition) is 0. The van der Waals surface area contributed by atoms with E-state index >= 15 is 0 Å². The van der Waals surface area contributed by atoms with Crippen LogP contribution < -0.4 is 4.74 Å². The second kappa shape index (κ2) is 6.11. The van der Waals surface area contributed by atoms with E-state index in [1.807, 2.05) is 18.2 Å². The Balaban J connectivity index is 1.93. The molecular formula is C15H19ClO. The summed E-state index contributed by atoms with van der Waals surface area (Å²) in [6, 6.07) is 5.75. The Hall–Kier alpha value is -0.950. The third-order valence-electron chi connectivity index (χ3n) is 3.34. The van der Waals surface area contributed by atoms with Crippen molar-refractivity contribution in [2.45, 2.75) is 32.1 Å². The maximum Gasteiger partial charge on any atom is 0.121 e. The molecule has 0 bridgehead atoms. The first kappa shape index (κ1) is 12.5. The third-order valence-corrected chi connectivity index (χ3v) is 3.56. The smallest absolute Gasteiger partial charge is 0.121 e. The second-order valence-corrected chi connectivity index (χ2v) is 5.18. The van der Waals surface area contributed by atoms with Gasteiger partial charge in [-0.2, -0.15) is 0 Å². The number of ether oxygens (including phenoxy) is 1. The van der Waals surface area contributed by atoms with Gasteiger partial charge in [-0.05, 0) is 42.5 Å². The summed E-state index contributed by atoms with van der Waals surface area (Å²) >= 11 is 6.02. The van der Waals surface area contributed by atoms with Gasteiger partial charge in [0, 0.05) is 5.02 Å². The van der Waals surface area contributed by atoms with E-state index in [9.17, 15) is 0 Å². The molecule has 2 heteroatoms. The molecular weight excluding hydrogens is 232 g/mol. The van der Waals surface area contributed by atoms with E-state index in [-0.39, 0.29) is 0 Å². The number of rotatable bonds is 4. The Labute approximate surface area is 108 Å². The molecule has 0 atom stereocenters. The van der Waals surface area contributed by atoms with Crippen LogP contribution in [0.2, 0.25) is 5.02 Å². The zero-order valence-corrected chi connectivity index (χ0v) is 10.9. The topological polar surface area (TPSA) is 9.23 Å². The van der Waals surface area contributed by atoms with Crippen LogP contribution in [0.15, 0.2) is 24.8 Å². The molecule has 1 aromatic rings. The lowest BCUT2D eigenvalue weighted by molar-refractivity contribution is 0.209. The molecule has 1 aromatic carbocycles. The van der Waals surface area contributed by atoms with Crippen LogP contribution in [0.4, 0.5) is 0 Å². The maximum atomic E-state index is 6.02. The summed E-state index contributed by atoms with van der Waals surface area (Å²) in [5, 5.41) is 0.709. The van der Waals surface area contributed by atoms with Crippen molar-refractivity contribution in [3.63, 3.8) is 0 Å². The van der Waals surface area contributed by atoms with Crippen LogP contribution in [0.1, 0.15) is 37.7 Å². The molecule has 1 saturated carbocycles. The minimum Gasteiger partial charge on any atom is -0.493 e. The summed E-state index contributed by atoms with van der Waals surface area (Å²) in [5.41, 5.74) is 1.01. The van der Waals surface area contributed by atoms with Gasteiger partial charge < -0.3 is 4.74 Å². The van der Waals surface area contributed by atoms with Crippen molar-refractivity contribution >= 4 is 17.7 Å². The van der Waals surface area contributed by atoms with Gasteiger partial charge in [0.1, 0.15) is 5.75 Å². The molecule has 0 amide bonds. The molecule has 0 unspecified atom stereocenters. The van der Waals surface area contributed by atoms with Crippen molar-refractivity contribution in [1.29, 1.82) is 0 Å². The molecule has 0 heterocycles. The van der Waals surface area contributed by atoms with E-state index < -0.39 is 0 Å². The number of halogens is 1. The first-order chi connectivity index (χ1) is 8.28. The molecule has 1 nitrogen and oxygen atoms in total. The van der Waals surface area contributed by atoms with Crippen molar-refractivity contribution < 1.29 is 4.74 Å². The van der Waals surface area contributed by atoms with Crippen LogP contribution in [-0.4, -0.2) is 6.61 Å².